The molecule has 0 saturated carbocycles. The third-order valence-corrected chi connectivity index (χ3v) is 3.55. The van der Waals surface area contributed by atoms with Crippen molar-refractivity contribution in [2.24, 2.45) is 13.0 Å². The molecule has 1 N–H and O–H groups in total. The van der Waals surface area contributed by atoms with Gasteiger partial charge < -0.3 is 5.32 Å². The van der Waals surface area contributed by atoms with Gasteiger partial charge in [0, 0.05) is 30.9 Å². The first-order valence-electron chi connectivity index (χ1n) is 6.83. The van der Waals surface area contributed by atoms with E-state index in [1.165, 1.54) is 10.9 Å². The van der Waals surface area contributed by atoms with Crippen LogP contribution in [-0.4, -0.2) is 21.7 Å². The van der Waals surface area contributed by atoms with E-state index < -0.39 is 0 Å². The molecule has 4 heteroatoms. The first-order valence-corrected chi connectivity index (χ1v) is 7.27. The Hall–Kier alpha value is -1.06. The third kappa shape index (κ3) is 3.71. The van der Waals surface area contributed by atoms with Gasteiger partial charge in [0.1, 0.15) is 0 Å². The first kappa shape index (κ1) is 14.4. The second kappa shape index (κ2) is 6.40. The van der Waals surface area contributed by atoms with Crippen LogP contribution >= 0.6 is 11.6 Å². The molecule has 0 spiro atoms. The molecule has 0 saturated heterocycles. The van der Waals surface area contributed by atoms with Crippen molar-refractivity contribution in [3.8, 4) is 0 Å². The van der Waals surface area contributed by atoms with Gasteiger partial charge in [0.25, 0.3) is 0 Å². The molecule has 0 aliphatic carbocycles. The van der Waals surface area contributed by atoms with Crippen molar-refractivity contribution in [2.45, 2.75) is 32.2 Å². The van der Waals surface area contributed by atoms with Gasteiger partial charge in [0.05, 0.1) is 11.2 Å². The highest BCUT2D eigenvalue weighted by Crippen LogP contribution is 2.17. The van der Waals surface area contributed by atoms with E-state index in [2.05, 4.69) is 42.5 Å². The normalized spacial score (nSPS) is 13.3. The van der Waals surface area contributed by atoms with E-state index in [0.29, 0.717) is 5.92 Å². The van der Waals surface area contributed by atoms with E-state index in [1.807, 2.05) is 17.8 Å². The van der Waals surface area contributed by atoms with Crippen LogP contribution in [0.3, 0.4) is 0 Å². The van der Waals surface area contributed by atoms with Crippen LogP contribution in [0.5, 0.6) is 0 Å². The summed E-state index contributed by atoms with van der Waals surface area (Å²) < 4.78 is 1.93. The number of fused-ring (bicyclic) bond motifs is 1. The number of nitrogens with one attached hydrogen (secondary N) is 1. The number of benzene rings is 1. The number of hydrogen-bond donors (Lipinski definition) is 1. The fourth-order valence-electron chi connectivity index (χ4n) is 2.36. The van der Waals surface area contributed by atoms with Crippen molar-refractivity contribution >= 4 is 22.5 Å². The van der Waals surface area contributed by atoms with Gasteiger partial charge >= 0.3 is 0 Å². The molecule has 0 bridgehead atoms. The van der Waals surface area contributed by atoms with Crippen LogP contribution in [0.15, 0.2) is 24.3 Å². The van der Waals surface area contributed by atoms with E-state index in [-0.39, 0.29) is 5.38 Å². The van der Waals surface area contributed by atoms with E-state index in [4.69, 9.17) is 11.6 Å². The third-order valence-electron chi connectivity index (χ3n) is 3.22. The molecule has 1 unspecified atom stereocenters. The number of nitrogens with zero attached hydrogens (tertiary/aromatic N) is 2. The average molecular weight is 280 g/mol. The van der Waals surface area contributed by atoms with Crippen molar-refractivity contribution in [3.05, 3.63) is 30.0 Å². The Morgan fingerprint density at radius 2 is 2.05 bits per heavy atom. The van der Waals surface area contributed by atoms with Crippen LogP contribution in [0.1, 0.15) is 26.0 Å². The molecule has 0 fully saturated rings. The first-order chi connectivity index (χ1) is 9.08. The summed E-state index contributed by atoms with van der Waals surface area (Å²) in [7, 11) is 1.98. The van der Waals surface area contributed by atoms with Gasteiger partial charge in [-0.3, -0.25) is 4.68 Å². The second-order valence-corrected chi connectivity index (χ2v) is 6.06. The van der Waals surface area contributed by atoms with Gasteiger partial charge in [0.2, 0.25) is 0 Å². The molecule has 0 radical (unpaired) electrons. The molecule has 1 heterocycles. The quantitative estimate of drug-likeness (QED) is 0.822. The lowest BCUT2D eigenvalue weighted by atomic mass is 10.1. The summed E-state index contributed by atoms with van der Waals surface area (Å²) in [4.78, 5) is 0. The number of para-hydroxylation sites is 1. The van der Waals surface area contributed by atoms with Gasteiger partial charge in [-0.2, -0.15) is 5.10 Å². The van der Waals surface area contributed by atoms with Crippen LogP contribution in [0.4, 0.5) is 0 Å². The Morgan fingerprint density at radius 1 is 1.32 bits per heavy atom. The summed E-state index contributed by atoms with van der Waals surface area (Å²) in [5.74, 6) is 0.639. The largest absolute Gasteiger partial charge is 0.310 e. The van der Waals surface area contributed by atoms with Crippen molar-refractivity contribution in [1.82, 2.24) is 15.1 Å². The molecule has 2 rings (SSSR count). The van der Waals surface area contributed by atoms with Crippen LogP contribution in [0.2, 0.25) is 0 Å². The fourth-order valence-corrected chi connectivity index (χ4v) is 2.83. The van der Waals surface area contributed by atoms with Gasteiger partial charge in [-0.1, -0.05) is 32.0 Å². The molecule has 1 aromatic heterocycles. The Balaban J connectivity index is 1.95. The van der Waals surface area contributed by atoms with Crippen LogP contribution < -0.4 is 5.32 Å². The Morgan fingerprint density at radius 3 is 2.79 bits per heavy atom. The van der Waals surface area contributed by atoms with Crippen LogP contribution in [0.25, 0.3) is 10.9 Å². The Bertz CT molecular complexity index is 533. The number of aromatic nitrogens is 2. The van der Waals surface area contributed by atoms with Gasteiger partial charge in [-0.05, 0) is 18.4 Å². The number of hydrogen-bond acceptors (Lipinski definition) is 2. The highest BCUT2D eigenvalue weighted by Gasteiger charge is 2.10. The number of aryl methyl sites for hydroxylation is 1. The van der Waals surface area contributed by atoms with Gasteiger partial charge in [-0.25, -0.2) is 0 Å². The summed E-state index contributed by atoms with van der Waals surface area (Å²) in [6.07, 6.45) is 1.04. The van der Waals surface area contributed by atoms with E-state index in [9.17, 15) is 0 Å². The summed E-state index contributed by atoms with van der Waals surface area (Å²) in [6, 6.07) is 8.30. The summed E-state index contributed by atoms with van der Waals surface area (Å²) >= 11 is 6.28. The van der Waals surface area contributed by atoms with Crippen molar-refractivity contribution in [2.75, 3.05) is 6.54 Å². The minimum Gasteiger partial charge on any atom is -0.310 e. The molecule has 1 atom stereocenters. The standard InChI is InChI=1S/C15H22ClN3/c1-11(2)8-12(16)9-17-10-14-13-6-4-5-7-15(13)19(3)18-14/h4-7,11-12,17H,8-10H2,1-3H3. The zero-order valence-electron chi connectivity index (χ0n) is 11.9. The predicted octanol–water partition coefficient (Wildman–Crippen LogP) is 3.32. The molecule has 1 aromatic carbocycles. The van der Waals surface area contributed by atoms with Crippen molar-refractivity contribution < 1.29 is 0 Å². The molecule has 3 nitrogen and oxygen atoms in total. The maximum absolute atomic E-state index is 6.28. The highest BCUT2D eigenvalue weighted by atomic mass is 35.5. The summed E-state index contributed by atoms with van der Waals surface area (Å²) in [5.41, 5.74) is 2.26. The SMILES string of the molecule is CC(C)CC(Cl)CNCc1nn(C)c2ccccc12. The maximum atomic E-state index is 6.28. The van der Waals surface area contributed by atoms with Gasteiger partial charge in [0.15, 0.2) is 0 Å². The molecule has 2 aromatic rings. The smallest absolute Gasteiger partial charge is 0.0841 e. The maximum Gasteiger partial charge on any atom is 0.0841 e. The number of rotatable bonds is 6. The zero-order valence-corrected chi connectivity index (χ0v) is 12.6. The molecule has 19 heavy (non-hydrogen) atoms. The number of halogens is 1. The molecule has 0 aliphatic heterocycles. The van der Waals surface area contributed by atoms with Crippen molar-refractivity contribution in [1.29, 1.82) is 0 Å². The van der Waals surface area contributed by atoms with Crippen molar-refractivity contribution in [3.63, 3.8) is 0 Å². The zero-order chi connectivity index (χ0) is 13.8. The van der Waals surface area contributed by atoms with E-state index in [0.717, 1.165) is 25.2 Å². The van der Waals surface area contributed by atoms with E-state index >= 15 is 0 Å². The lowest BCUT2D eigenvalue weighted by molar-refractivity contribution is 0.531. The second-order valence-electron chi connectivity index (χ2n) is 5.45. The minimum absolute atomic E-state index is 0.190. The average Bonchev–Trinajstić information content (AvgIpc) is 2.66. The summed E-state index contributed by atoms with van der Waals surface area (Å²) in [5, 5.41) is 9.37. The predicted molar refractivity (Wildman–Crippen MR) is 81.5 cm³/mol. The van der Waals surface area contributed by atoms with E-state index in [1.54, 1.807) is 0 Å². The topological polar surface area (TPSA) is 29.9 Å². The van der Waals surface area contributed by atoms with Crippen LogP contribution in [0, 0.1) is 5.92 Å². The minimum atomic E-state index is 0.190. The molecular formula is C15H22ClN3. The molecule has 104 valence electrons. The fraction of sp³-hybridized carbons (Fsp3) is 0.533. The lowest BCUT2D eigenvalue weighted by Gasteiger charge is -2.12. The monoisotopic (exact) mass is 279 g/mol. The lowest BCUT2D eigenvalue weighted by Crippen LogP contribution is -2.24. The molecule has 0 amide bonds. The Kier molecular flexibility index (Phi) is 4.83. The van der Waals surface area contributed by atoms with Crippen LogP contribution in [-0.2, 0) is 13.6 Å². The summed E-state index contributed by atoms with van der Waals surface area (Å²) in [6.45, 7) is 5.98. The Labute approximate surface area is 119 Å². The van der Waals surface area contributed by atoms with Gasteiger partial charge in [-0.15, -0.1) is 11.6 Å². The highest BCUT2D eigenvalue weighted by molar-refractivity contribution is 6.20. The molecule has 0 aliphatic rings. The molecular weight excluding hydrogens is 258 g/mol. The number of alkyl halides is 1.